The van der Waals surface area contributed by atoms with Crippen molar-refractivity contribution in [1.29, 1.82) is 0 Å². The van der Waals surface area contributed by atoms with Crippen LogP contribution in [0, 0.1) is 0 Å². The third-order valence-electron chi connectivity index (χ3n) is 5.32. The fourth-order valence-electron chi connectivity index (χ4n) is 3.66. The molecule has 0 saturated carbocycles. The summed E-state index contributed by atoms with van der Waals surface area (Å²) in [7, 11) is 3.28. The van der Waals surface area contributed by atoms with Crippen LogP contribution >= 0.6 is 0 Å². The van der Waals surface area contributed by atoms with Gasteiger partial charge in [-0.3, -0.25) is 0 Å². The smallest absolute Gasteiger partial charge is 0.337 e. The van der Waals surface area contributed by atoms with Crippen LogP contribution in [0.3, 0.4) is 0 Å². The first kappa shape index (κ1) is 21.3. The number of nitrogens with one attached hydrogen (secondary N) is 2. The van der Waals surface area contributed by atoms with Crippen molar-refractivity contribution in [3.8, 4) is 5.88 Å². The Morgan fingerprint density at radius 3 is 2.47 bits per heavy atom. The highest BCUT2D eigenvalue weighted by Crippen LogP contribution is 2.32. The average molecular weight is 428 g/mol. The van der Waals surface area contributed by atoms with Crippen molar-refractivity contribution in [2.45, 2.75) is 6.42 Å². The summed E-state index contributed by atoms with van der Waals surface area (Å²) in [6, 6.07) is 23.0. The fraction of sp³-hybridized carbons (Fsp3) is 0.154. The zero-order valence-electron chi connectivity index (χ0n) is 18.1. The normalized spacial score (nSPS) is 11.6. The fourth-order valence-corrected chi connectivity index (χ4v) is 3.66. The van der Waals surface area contributed by atoms with Crippen molar-refractivity contribution in [3.63, 3.8) is 0 Å². The lowest BCUT2D eigenvalue weighted by Crippen LogP contribution is -2.10. The van der Waals surface area contributed by atoms with Crippen LogP contribution in [0.4, 0.5) is 5.69 Å². The predicted octanol–water partition coefficient (Wildman–Crippen LogP) is 4.59. The third-order valence-corrected chi connectivity index (χ3v) is 5.32. The van der Waals surface area contributed by atoms with Gasteiger partial charge < -0.3 is 20.1 Å². The number of esters is 1. The Labute approximate surface area is 186 Å². The lowest BCUT2D eigenvalue weighted by molar-refractivity contribution is 0.0601. The van der Waals surface area contributed by atoms with Crippen molar-refractivity contribution in [1.82, 2.24) is 10.3 Å². The van der Waals surface area contributed by atoms with Crippen LogP contribution in [0.5, 0.6) is 5.88 Å². The third kappa shape index (κ3) is 4.40. The Morgan fingerprint density at radius 1 is 1.03 bits per heavy atom. The van der Waals surface area contributed by atoms with E-state index in [4.69, 9.17) is 9.73 Å². The molecule has 3 N–H and O–H groups in total. The summed E-state index contributed by atoms with van der Waals surface area (Å²) in [5.41, 5.74) is 5.15. The Morgan fingerprint density at radius 2 is 1.78 bits per heavy atom. The van der Waals surface area contributed by atoms with Gasteiger partial charge in [-0.25, -0.2) is 9.79 Å². The first-order chi connectivity index (χ1) is 15.6. The van der Waals surface area contributed by atoms with Crippen molar-refractivity contribution in [3.05, 3.63) is 95.1 Å². The number of fused-ring (bicyclic) bond motifs is 1. The Kier molecular flexibility index (Phi) is 6.33. The maximum Gasteiger partial charge on any atom is 0.337 e. The minimum atomic E-state index is -0.433. The molecule has 0 aliphatic carbocycles. The summed E-state index contributed by atoms with van der Waals surface area (Å²) in [6.07, 6.45) is 0.942. The van der Waals surface area contributed by atoms with E-state index >= 15 is 0 Å². The maximum absolute atomic E-state index is 11.9. The number of benzene rings is 3. The summed E-state index contributed by atoms with van der Waals surface area (Å²) in [5.74, 6) is -0.437. The molecule has 0 aliphatic heterocycles. The van der Waals surface area contributed by atoms with Gasteiger partial charge in [-0.1, -0.05) is 48.5 Å². The van der Waals surface area contributed by atoms with Crippen LogP contribution in [0.1, 0.15) is 27.0 Å². The summed E-state index contributed by atoms with van der Waals surface area (Å²) >= 11 is 0. The number of aromatic hydroxyl groups is 1. The van der Waals surface area contributed by atoms with Gasteiger partial charge in [0.15, 0.2) is 5.88 Å². The van der Waals surface area contributed by atoms with Crippen LogP contribution in [0.2, 0.25) is 0 Å². The predicted molar refractivity (Wildman–Crippen MR) is 127 cm³/mol. The zero-order valence-corrected chi connectivity index (χ0v) is 18.1. The zero-order chi connectivity index (χ0) is 22.5. The molecule has 0 bridgehead atoms. The summed E-state index contributed by atoms with van der Waals surface area (Å²) in [6.45, 7) is 0.911. The van der Waals surface area contributed by atoms with E-state index in [1.54, 1.807) is 18.2 Å². The van der Waals surface area contributed by atoms with E-state index in [0.717, 1.165) is 29.6 Å². The molecule has 1 aromatic heterocycles. The molecule has 6 heteroatoms. The lowest BCUT2D eigenvalue weighted by atomic mass is 10.00. The molecule has 1 heterocycles. The van der Waals surface area contributed by atoms with Gasteiger partial charge in [0.1, 0.15) is 0 Å². The van der Waals surface area contributed by atoms with E-state index in [1.165, 1.54) is 12.7 Å². The number of nitrogens with zero attached hydrogens (tertiary/aromatic N) is 1. The van der Waals surface area contributed by atoms with Gasteiger partial charge in [0.2, 0.25) is 0 Å². The number of hydrogen-bond acceptors (Lipinski definition) is 5. The highest BCUT2D eigenvalue weighted by atomic mass is 16.5. The van der Waals surface area contributed by atoms with Gasteiger partial charge in [-0.2, -0.15) is 0 Å². The minimum Gasteiger partial charge on any atom is -0.494 e. The molecule has 0 radical (unpaired) electrons. The van der Waals surface area contributed by atoms with E-state index in [-0.39, 0.29) is 5.88 Å². The van der Waals surface area contributed by atoms with Crippen molar-refractivity contribution in [2.24, 2.45) is 4.99 Å². The number of aromatic amines is 1. The molecule has 4 rings (SSSR count). The molecule has 0 amide bonds. The number of aromatic nitrogens is 1. The number of methoxy groups -OCH3 is 1. The largest absolute Gasteiger partial charge is 0.494 e. The highest BCUT2D eigenvalue weighted by molar-refractivity contribution is 6.22. The van der Waals surface area contributed by atoms with E-state index in [1.807, 2.05) is 49.5 Å². The second kappa shape index (κ2) is 9.49. The SMILES string of the molecule is CNCCc1ccc(N=C(c2ccccc2)c2c(O)[nH]c3cc(C(=O)OC)ccc23)cc1. The van der Waals surface area contributed by atoms with E-state index in [2.05, 4.69) is 22.4 Å². The van der Waals surface area contributed by atoms with Gasteiger partial charge in [0.25, 0.3) is 0 Å². The molecule has 0 fully saturated rings. The van der Waals surface area contributed by atoms with Gasteiger partial charge >= 0.3 is 5.97 Å². The van der Waals surface area contributed by atoms with E-state index < -0.39 is 5.97 Å². The molecule has 0 spiro atoms. The Bertz CT molecular complexity index is 1260. The van der Waals surface area contributed by atoms with Crippen molar-refractivity contribution in [2.75, 3.05) is 20.7 Å². The number of likely N-dealkylation sites (N-methyl/N-ethyl adjacent to an activating group) is 1. The molecule has 4 aromatic rings. The molecule has 162 valence electrons. The highest BCUT2D eigenvalue weighted by Gasteiger charge is 2.20. The molecule has 0 aliphatic rings. The molecule has 0 saturated heterocycles. The molecule has 32 heavy (non-hydrogen) atoms. The summed E-state index contributed by atoms with van der Waals surface area (Å²) in [4.78, 5) is 19.8. The topological polar surface area (TPSA) is 86.7 Å². The molecule has 0 unspecified atom stereocenters. The molecular formula is C26H25N3O3. The van der Waals surface area contributed by atoms with Gasteiger partial charge in [-0.15, -0.1) is 0 Å². The van der Waals surface area contributed by atoms with Crippen LogP contribution in [0.25, 0.3) is 10.9 Å². The monoisotopic (exact) mass is 427 g/mol. The Balaban J connectivity index is 1.83. The molecular weight excluding hydrogens is 402 g/mol. The van der Waals surface area contributed by atoms with Crippen molar-refractivity contribution < 1.29 is 14.6 Å². The van der Waals surface area contributed by atoms with Crippen LogP contribution in [-0.2, 0) is 11.2 Å². The molecule has 3 aromatic carbocycles. The van der Waals surface area contributed by atoms with Gasteiger partial charge in [-0.05, 0) is 49.8 Å². The van der Waals surface area contributed by atoms with E-state index in [0.29, 0.717) is 22.4 Å². The number of H-pyrrole nitrogens is 1. The van der Waals surface area contributed by atoms with Gasteiger partial charge in [0.05, 0.1) is 29.6 Å². The first-order valence-electron chi connectivity index (χ1n) is 10.4. The quantitative estimate of drug-likeness (QED) is 0.297. The summed E-state index contributed by atoms with van der Waals surface area (Å²) < 4.78 is 4.81. The van der Waals surface area contributed by atoms with Crippen LogP contribution < -0.4 is 5.32 Å². The first-order valence-corrected chi connectivity index (χ1v) is 10.4. The number of carbonyl (C=O) groups is 1. The van der Waals surface area contributed by atoms with Crippen LogP contribution in [-0.4, -0.2) is 42.5 Å². The van der Waals surface area contributed by atoms with Crippen LogP contribution in [0.15, 0.2) is 77.8 Å². The number of ether oxygens (including phenoxy) is 1. The van der Waals surface area contributed by atoms with Crippen molar-refractivity contribution >= 4 is 28.3 Å². The lowest BCUT2D eigenvalue weighted by Gasteiger charge is -2.08. The minimum absolute atomic E-state index is 0.00439. The maximum atomic E-state index is 11.9. The number of aliphatic imine (C=N–C) groups is 1. The second-order valence-corrected chi connectivity index (χ2v) is 7.45. The summed E-state index contributed by atoms with van der Waals surface area (Å²) in [5, 5.41) is 14.7. The molecule has 0 atom stereocenters. The number of rotatable bonds is 7. The number of hydrogen-bond donors (Lipinski definition) is 3. The number of carbonyl (C=O) groups excluding carboxylic acids is 1. The standard InChI is InChI=1S/C26H25N3O3/c1-27-15-14-17-8-11-20(12-9-17)28-24(18-6-4-3-5-7-18)23-21-13-10-19(26(31)32-2)16-22(21)29-25(23)30/h3-13,16,27,29-30H,14-15H2,1-2H3. The van der Waals surface area contributed by atoms with Gasteiger partial charge in [0, 0.05) is 16.5 Å². The Hall–Kier alpha value is -3.90. The molecule has 6 nitrogen and oxygen atoms in total. The average Bonchev–Trinajstić information content (AvgIpc) is 3.16. The van der Waals surface area contributed by atoms with E-state index in [9.17, 15) is 9.90 Å². The second-order valence-electron chi connectivity index (χ2n) is 7.45.